The Labute approximate surface area is 274 Å². The van der Waals surface area contributed by atoms with E-state index in [1.807, 2.05) is 78.9 Å². The van der Waals surface area contributed by atoms with Crippen LogP contribution in [0.15, 0.2) is 131 Å². The van der Waals surface area contributed by atoms with Crippen molar-refractivity contribution in [3.05, 3.63) is 155 Å². The molecule has 0 radical (unpaired) electrons. The van der Waals surface area contributed by atoms with Gasteiger partial charge in [0.05, 0.1) is 45.9 Å². The Morgan fingerprint density at radius 2 is 1.40 bits per heavy atom. The standard InChI is InChI=1S/C41H22N6O/c42-21-24-16-27(23-44)39-34(17-24)45-41(25-8-2-1-3-9-25)46-40(39)29-15-14-28(18-26(29)22-43)47-35-12-6-4-10-30(35)32-19-33-31-11-5-7-13-37(31)48-38(33)20-36(32)47/h1-20,40H,(H,45,46). The van der Waals surface area contributed by atoms with E-state index in [-0.39, 0.29) is 0 Å². The van der Waals surface area contributed by atoms with Crippen molar-refractivity contribution in [2.24, 2.45) is 4.99 Å². The van der Waals surface area contributed by atoms with Gasteiger partial charge in [-0.25, -0.2) is 0 Å². The van der Waals surface area contributed by atoms with E-state index in [0.29, 0.717) is 39.3 Å². The van der Waals surface area contributed by atoms with Crippen molar-refractivity contribution in [1.29, 1.82) is 15.8 Å². The molecule has 0 saturated heterocycles. The number of fused-ring (bicyclic) bond motifs is 7. The van der Waals surface area contributed by atoms with E-state index < -0.39 is 6.04 Å². The van der Waals surface area contributed by atoms with E-state index in [2.05, 4.69) is 58.4 Å². The summed E-state index contributed by atoms with van der Waals surface area (Å²) in [6.07, 6.45) is 0. The molecule has 8 aromatic rings. The average molecular weight is 615 g/mol. The first-order valence-corrected chi connectivity index (χ1v) is 15.4. The predicted molar refractivity (Wildman–Crippen MR) is 187 cm³/mol. The molecule has 1 aliphatic heterocycles. The van der Waals surface area contributed by atoms with Crippen LogP contribution < -0.4 is 5.32 Å². The zero-order valence-corrected chi connectivity index (χ0v) is 25.3. The summed E-state index contributed by atoms with van der Waals surface area (Å²) in [5.74, 6) is 0.595. The number of nitriles is 3. The van der Waals surface area contributed by atoms with Gasteiger partial charge in [-0.15, -0.1) is 0 Å². The van der Waals surface area contributed by atoms with E-state index >= 15 is 0 Å². The second kappa shape index (κ2) is 10.5. The number of nitrogens with one attached hydrogen (secondary N) is 1. The van der Waals surface area contributed by atoms with Crippen LogP contribution >= 0.6 is 0 Å². The van der Waals surface area contributed by atoms with Gasteiger partial charge in [0, 0.05) is 50.1 Å². The van der Waals surface area contributed by atoms with Gasteiger partial charge >= 0.3 is 0 Å². The van der Waals surface area contributed by atoms with Crippen molar-refractivity contribution in [3.8, 4) is 23.9 Å². The largest absolute Gasteiger partial charge is 0.456 e. The molecule has 6 aromatic carbocycles. The van der Waals surface area contributed by atoms with Crippen LogP contribution in [0.4, 0.5) is 5.69 Å². The molecule has 48 heavy (non-hydrogen) atoms. The Hall–Kier alpha value is -7.14. The molecule has 222 valence electrons. The number of hydrogen-bond donors (Lipinski definition) is 1. The molecule has 0 aliphatic carbocycles. The molecule has 1 N–H and O–H groups in total. The number of para-hydroxylation sites is 2. The van der Waals surface area contributed by atoms with E-state index in [4.69, 9.17) is 9.41 Å². The van der Waals surface area contributed by atoms with E-state index in [1.54, 1.807) is 12.1 Å². The number of benzene rings is 6. The van der Waals surface area contributed by atoms with Gasteiger partial charge in [-0.3, -0.25) is 4.99 Å². The summed E-state index contributed by atoms with van der Waals surface area (Å²) in [6, 6.07) is 45.6. The summed E-state index contributed by atoms with van der Waals surface area (Å²) in [5, 5.41) is 38.1. The highest BCUT2D eigenvalue weighted by Crippen LogP contribution is 2.42. The Morgan fingerprint density at radius 3 is 2.21 bits per heavy atom. The average Bonchev–Trinajstić information content (AvgIpc) is 3.67. The number of anilines is 1. The summed E-state index contributed by atoms with van der Waals surface area (Å²) in [6.45, 7) is 0. The lowest BCUT2D eigenvalue weighted by Crippen LogP contribution is -2.23. The first-order chi connectivity index (χ1) is 23.6. The van der Waals surface area contributed by atoms with Gasteiger partial charge in [0.2, 0.25) is 0 Å². The summed E-state index contributed by atoms with van der Waals surface area (Å²) in [5.41, 5.74) is 8.33. The first-order valence-electron chi connectivity index (χ1n) is 15.4. The van der Waals surface area contributed by atoms with Crippen LogP contribution in [0.1, 0.15) is 39.4 Å². The SMILES string of the molecule is N#Cc1cc(C#N)c2c(c1)NC(c1ccccc1)=NC2c1ccc(-n2c3ccccc3c3cc4c(cc32)oc2ccccc24)cc1C#N. The van der Waals surface area contributed by atoms with Crippen molar-refractivity contribution >= 4 is 55.3 Å². The quantitative estimate of drug-likeness (QED) is 0.213. The fourth-order valence-electron chi connectivity index (χ4n) is 7.01. The van der Waals surface area contributed by atoms with Gasteiger partial charge in [0.15, 0.2) is 0 Å². The highest BCUT2D eigenvalue weighted by molar-refractivity contribution is 6.17. The van der Waals surface area contributed by atoms with E-state index in [9.17, 15) is 15.8 Å². The number of amidine groups is 1. The summed E-state index contributed by atoms with van der Waals surface area (Å²) < 4.78 is 8.44. The van der Waals surface area contributed by atoms with Crippen LogP contribution in [0.2, 0.25) is 0 Å². The van der Waals surface area contributed by atoms with Gasteiger partial charge < -0.3 is 14.3 Å². The lowest BCUT2D eigenvalue weighted by molar-refractivity contribution is 0.669. The van der Waals surface area contributed by atoms with E-state index in [0.717, 1.165) is 55.0 Å². The number of aliphatic imine (C=N–C) groups is 1. The monoisotopic (exact) mass is 614 g/mol. The van der Waals surface area contributed by atoms with Crippen LogP contribution in [0, 0.1) is 34.0 Å². The molecule has 0 saturated carbocycles. The predicted octanol–water partition coefficient (Wildman–Crippen LogP) is 9.26. The van der Waals surface area contributed by atoms with Gasteiger partial charge in [0.25, 0.3) is 0 Å². The molecule has 0 bridgehead atoms. The lowest BCUT2D eigenvalue weighted by Gasteiger charge is -2.27. The van der Waals surface area contributed by atoms with Crippen LogP contribution in [-0.4, -0.2) is 10.4 Å². The van der Waals surface area contributed by atoms with Gasteiger partial charge in [-0.1, -0.05) is 72.8 Å². The Morgan fingerprint density at radius 1 is 0.625 bits per heavy atom. The summed E-state index contributed by atoms with van der Waals surface area (Å²) >= 11 is 0. The third-order valence-electron chi connectivity index (χ3n) is 9.14. The maximum absolute atomic E-state index is 10.6. The number of rotatable bonds is 3. The van der Waals surface area contributed by atoms with Crippen molar-refractivity contribution in [3.63, 3.8) is 0 Å². The fourth-order valence-corrected chi connectivity index (χ4v) is 7.01. The Bertz CT molecular complexity index is 2800. The zero-order valence-electron chi connectivity index (χ0n) is 25.3. The summed E-state index contributed by atoms with van der Waals surface area (Å²) in [4.78, 5) is 5.08. The summed E-state index contributed by atoms with van der Waals surface area (Å²) in [7, 11) is 0. The van der Waals surface area contributed by atoms with Crippen LogP contribution in [0.5, 0.6) is 0 Å². The van der Waals surface area contributed by atoms with Crippen molar-refractivity contribution < 1.29 is 4.42 Å². The number of aromatic nitrogens is 1. The van der Waals surface area contributed by atoms with Crippen LogP contribution in [-0.2, 0) is 0 Å². The third-order valence-corrected chi connectivity index (χ3v) is 9.14. The maximum atomic E-state index is 10.6. The van der Waals surface area contributed by atoms with E-state index in [1.165, 1.54) is 0 Å². The van der Waals surface area contributed by atoms with Crippen molar-refractivity contribution in [2.75, 3.05) is 5.32 Å². The number of nitrogens with zero attached hydrogens (tertiary/aromatic N) is 5. The number of hydrogen-bond acceptors (Lipinski definition) is 6. The lowest BCUT2D eigenvalue weighted by atomic mass is 9.88. The second-order valence-electron chi connectivity index (χ2n) is 11.8. The van der Waals surface area contributed by atoms with Gasteiger partial charge in [-0.2, -0.15) is 15.8 Å². The molecule has 7 nitrogen and oxygen atoms in total. The molecule has 0 spiro atoms. The molecule has 7 heteroatoms. The molecule has 1 unspecified atom stereocenters. The minimum atomic E-state index is -0.657. The highest BCUT2D eigenvalue weighted by Gasteiger charge is 2.30. The molecule has 0 amide bonds. The van der Waals surface area contributed by atoms with Crippen LogP contribution in [0.25, 0.3) is 49.4 Å². The molecular weight excluding hydrogens is 592 g/mol. The molecule has 1 atom stereocenters. The van der Waals surface area contributed by atoms with Gasteiger partial charge in [-0.05, 0) is 48.0 Å². The Balaban J connectivity index is 1.27. The smallest absolute Gasteiger partial charge is 0.137 e. The van der Waals surface area contributed by atoms with Gasteiger partial charge in [0.1, 0.15) is 23.0 Å². The van der Waals surface area contributed by atoms with Crippen molar-refractivity contribution in [1.82, 2.24) is 4.57 Å². The zero-order chi connectivity index (χ0) is 32.4. The van der Waals surface area contributed by atoms with Crippen molar-refractivity contribution in [2.45, 2.75) is 6.04 Å². The third kappa shape index (κ3) is 4.01. The maximum Gasteiger partial charge on any atom is 0.137 e. The molecule has 1 aliphatic rings. The normalized spacial score (nSPS) is 13.9. The van der Waals surface area contributed by atoms with Crippen LogP contribution in [0.3, 0.4) is 0 Å². The first kappa shape index (κ1) is 27.2. The highest BCUT2D eigenvalue weighted by atomic mass is 16.3. The molecule has 3 heterocycles. The molecular formula is C41H22N6O. The minimum Gasteiger partial charge on any atom is -0.456 e. The molecule has 2 aromatic heterocycles. The number of furan rings is 1. The Kier molecular flexibility index (Phi) is 5.93. The fraction of sp³-hybridized carbons (Fsp3) is 0.0244. The molecule has 0 fully saturated rings. The topological polar surface area (TPSA) is 114 Å². The minimum absolute atomic E-state index is 0.336. The second-order valence-corrected chi connectivity index (χ2v) is 11.8. The molecule has 9 rings (SSSR count).